The number of fused-ring (bicyclic) bond motifs is 2. The number of halogens is 2. The van der Waals surface area contributed by atoms with Crippen molar-refractivity contribution in [3.8, 4) is 22.3 Å². The van der Waals surface area contributed by atoms with E-state index in [0.29, 0.717) is 0 Å². The van der Waals surface area contributed by atoms with Crippen LogP contribution < -0.4 is 24.8 Å². The van der Waals surface area contributed by atoms with Gasteiger partial charge in [0.1, 0.15) is 0 Å². The molecule has 0 aromatic heterocycles. The van der Waals surface area contributed by atoms with E-state index in [1.54, 1.807) is 0 Å². The SMILES string of the molecule is CC(C)(C)[NH-].Cc1ccccc1-c1cc2ccccc2[cH-]1.Cc1ccccc1-c1cc2ccccc2[cH-]1.[Cl-].[Cl-].[Zr+4].c1cc[cH-]c1. The van der Waals surface area contributed by atoms with E-state index >= 15 is 0 Å². The zero-order valence-corrected chi connectivity index (χ0v) is 30.7. The standard InChI is InChI=1S/2C16H13.C5H5.C4H10N.2ClH.Zr/c2*1-12-6-2-5-9-16(12)15-10-13-7-3-4-8-14(13)11-15;1-2-4-5-3-1;1-4(2,3)5;;;/h2*2-11H,1H3;1-5H;5H,1-3H3;2*1H;/q4*-1;;;+4/p-2. The predicted molar refractivity (Wildman–Crippen MR) is 186 cm³/mol. The van der Waals surface area contributed by atoms with Crippen LogP contribution in [0.15, 0.2) is 152 Å². The van der Waals surface area contributed by atoms with Crippen molar-refractivity contribution >= 4 is 21.5 Å². The number of rotatable bonds is 2. The maximum Gasteiger partial charge on any atom is 4.00 e. The molecule has 1 N–H and O–H groups in total. The van der Waals surface area contributed by atoms with E-state index in [9.17, 15) is 0 Å². The molecule has 0 aliphatic carbocycles. The van der Waals surface area contributed by atoms with Gasteiger partial charge in [-0.1, -0.05) is 128 Å². The van der Waals surface area contributed by atoms with Crippen LogP contribution in [-0.4, -0.2) is 5.54 Å². The van der Waals surface area contributed by atoms with E-state index in [2.05, 4.69) is 135 Å². The van der Waals surface area contributed by atoms with Gasteiger partial charge in [0.2, 0.25) is 0 Å². The summed E-state index contributed by atoms with van der Waals surface area (Å²) < 4.78 is 0. The Hall–Kier alpha value is -3.13. The zero-order valence-electron chi connectivity index (χ0n) is 26.7. The normalized spacial score (nSPS) is 9.91. The third-order valence-corrected chi connectivity index (χ3v) is 6.70. The fraction of sp³-hybridized carbons (Fsp3) is 0.146. The Bertz CT molecular complexity index is 1600. The molecule has 1 nitrogen and oxygen atoms in total. The van der Waals surface area contributed by atoms with Gasteiger partial charge < -0.3 is 30.5 Å². The van der Waals surface area contributed by atoms with E-state index in [4.69, 9.17) is 5.73 Å². The first-order valence-electron chi connectivity index (χ1n) is 14.5. The summed E-state index contributed by atoms with van der Waals surface area (Å²) in [5.74, 6) is 0. The van der Waals surface area contributed by atoms with Gasteiger partial charge in [-0.3, -0.25) is 0 Å². The van der Waals surface area contributed by atoms with Crippen molar-refractivity contribution in [3.05, 3.63) is 169 Å². The summed E-state index contributed by atoms with van der Waals surface area (Å²) in [7, 11) is 0. The molecule has 0 heterocycles. The summed E-state index contributed by atoms with van der Waals surface area (Å²) in [4.78, 5) is 0. The average Bonchev–Trinajstić information content (AvgIpc) is 3.75. The van der Waals surface area contributed by atoms with Gasteiger partial charge in [0.05, 0.1) is 0 Å². The molecule has 7 rings (SSSR count). The van der Waals surface area contributed by atoms with Gasteiger partial charge in [0.25, 0.3) is 0 Å². The van der Waals surface area contributed by atoms with Crippen LogP contribution in [0.2, 0.25) is 0 Å². The van der Waals surface area contributed by atoms with Gasteiger partial charge >= 0.3 is 26.2 Å². The molecule has 0 aliphatic rings. The van der Waals surface area contributed by atoms with Crippen LogP contribution in [0.4, 0.5) is 0 Å². The third kappa shape index (κ3) is 12.7. The average molecular weight is 710 g/mol. The molecule has 0 atom stereocenters. The Labute approximate surface area is 301 Å². The number of nitrogens with one attached hydrogen (secondary N) is 1. The molecule has 0 fully saturated rings. The minimum absolute atomic E-state index is 0. The van der Waals surface area contributed by atoms with Crippen molar-refractivity contribution in [2.75, 3.05) is 0 Å². The smallest absolute Gasteiger partial charge is 1.00 e. The van der Waals surface area contributed by atoms with Crippen molar-refractivity contribution in [2.45, 2.75) is 40.2 Å². The first-order chi connectivity index (χ1) is 20.2. The Morgan fingerprint density at radius 1 is 0.511 bits per heavy atom. The molecule has 0 radical (unpaired) electrons. The molecule has 0 saturated carbocycles. The van der Waals surface area contributed by atoms with Gasteiger partial charge in [-0.25, -0.2) is 12.1 Å². The molecule has 0 bridgehead atoms. The maximum atomic E-state index is 6.94. The summed E-state index contributed by atoms with van der Waals surface area (Å²) in [6.07, 6.45) is 0. The predicted octanol–water partition coefficient (Wildman–Crippen LogP) is 6.32. The van der Waals surface area contributed by atoms with Crippen LogP contribution in [0.25, 0.3) is 49.5 Å². The molecule has 0 unspecified atom stereocenters. The van der Waals surface area contributed by atoms with Gasteiger partial charge in [-0.2, -0.15) is 18.2 Å². The summed E-state index contributed by atoms with van der Waals surface area (Å²) in [5, 5.41) is 5.28. The number of hydrogen-bond acceptors (Lipinski definition) is 0. The molecule has 0 aliphatic heterocycles. The Balaban J connectivity index is 0.000000330. The monoisotopic (exact) mass is 707 g/mol. The van der Waals surface area contributed by atoms with Crippen LogP contribution in [0.1, 0.15) is 31.9 Å². The van der Waals surface area contributed by atoms with Gasteiger partial charge in [0, 0.05) is 0 Å². The van der Waals surface area contributed by atoms with E-state index in [1.165, 1.54) is 54.9 Å². The van der Waals surface area contributed by atoms with Crippen molar-refractivity contribution < 1.29 is 51.0 Å². The van der Waals surface area contributed by atoms with Crippen LogP contribution in [0, 0.1) is 13.8 Å². The topological polar surface area (TPSA) is 23.8 Å². The summed E-state index contributed by atoms with van der Waals surface area (Å²) in [6, 6.07) is 53.1. The zero-order chi connectivity index (χ0) is 30.0. The molecule has 0 spiro atoms. The molecule has 0 saturated heterocycles. The quantitative estimate of drug-likeness (QED) is 0.188. The van der Waals surface area contributed by atoms with Gasteiger partial charge in [0.15, 0.2) is 0 Å². The minimum Gasteiger partial charge on any atom is -1.00 e. The first kappa shape index (κ1) is 39.9. The van der Waals surface area contributed by atoms with Crippen LogP contribution in [-0.2, 0) is 26.2 Å². The van der Waals surface area contributed by atoms with Gasteiger partial charge in [-0.05, 0) is 13.8 Å². The third-order valence-electron chi connectivity index (χ3n) is 6.70. The molecular formula is C41H41Cl2NZr-2. The second-order valence-electron chi connectivity index (χ2n) is 11.6. The first-order valence-corrected chi connectivity index (χ1v) is 14.5. The van der Waals surface area contributed by atoms with Crippen LogP contribution in [0.5, 0.6) is 0 Å². The fourth-order valence-electron chi connectivity index (χ4n) is 4.73. The van der Waals surface area contributed by atoms with Gasteiger partial charge in [-0.15, -0.1) is 74.6 Å². The molecule has 230 valence electrons. The largest absolute Gasteiger partial charge is 4.00 e. The number of hydrogen-bond donors (Lipinski definition) is 0. The molecule has 7 aromatic rings. The fourth-order valence-corrected chi connectivity index (χ4v) is 4.73. The maximum absolute atomic E-state index is 6.94. The van der Waals surface area contributed by atoms with E-state index in [0.717, 1.165) is 0 Å². The van der Waals surface area contributed by atoms with Crippen LogP contribution in [0.3, 0.4) is 0 Å². The summed E-state index contributed by atoms with van der Waals surface area (Å²) >= 11 is 0. The number of benzene rings is 4. The molecule has 4 heteroatoms. The van der Waals surface area contributed by atoms with E-state index in [-0.39, 0.29) is 56.6 Å². The summed E-state index contributed by atoms with van der Waals surface area (Å²) in [6.45, 7) is 9.88. The van der Waals surface area contributed by atoms with Crippen molar-refractivity contribution in [3.63, 3.8) is 0 Å². The Morgan fingerprint density at radius 2 is 0.844 bits per heavy atom. The molecule has 45 heavy (non-hydrogen) atoms. The number of aryl methyl sites for hydroxylation is 2. The minimum atomic E-state index is -0.250. The molecular weight excluding hydrogens is 669 g/mol. The Morgan fingerprint density at radius 3 is 1.16 bits per heavy atom. The molecule has 0 amide bonds. The Kier molecular flexibility index (Phi) is 17.2. The van der Waals surface area contributed by atoms with Crippen molar-refractivity contribution in [1.29, 1.82) is 0 Å². The van der Waals surface area contributed by atoms with Crippen molar-refractivity contribution in [1.82, 2.24) is 0 Å². The summed E-state index contributed by atoms with van der Waals surface area (Å²) in [5.41, 5.74) is 14.7. The molecule has 7 aromatic carbocycles. The van der Waals surface area contributed by atoms with E-state index in [1.807, 2.05) is 51.1 Å². The van der Waals surface area contributed by atoms with Crippen LogP contribution >= 0.6 is 0 Å². The van der Waals surface area contributed by atoms with Crippen molar-refractivity contribution in [2.24, 2.45) is 0 Å². The second-order valence-corrected chi connectivity index (χ2v) is 11.6. The van der Waals surface area contributed by atoms with E-state index < -0.39 is 0 Å². The second kappa shape index (κ2) is 19.4.